The fourth-order valence-corrected chi connectivity index (χ4v) is 4.05. The largest absolute Gasteiger partial charge is 0.368 e. The van der Waals surface area contributed by atoms with E-state index in [2.05, 4.69) is 30.1 Å². The molecule has 0 aromatic heterocycles. The first-order chi connectivity index (χ1) is 10.2. The lowest BCUT2D eigenvalue weighted by atomic mass is 9.91. The molecule has 1 aromatic carbocycles. The molecule has 2 fully saturated rings. The maximum absolute atomic E-state index is 14.3. The minimum Gasteiger partial charge on any atom is -0.368 e. The van der Waals surface area contributed by atoms with Crippen molar-refractivity contribution in [1.29, 1.82) is 0 Å². The lowest BCUT2D eigenvalue weighted by Crippen LogP contribution is -2.43. The summed E-state index contributed by atoms with van der Waals surface area (Å²) >= 11 is 0. The van der Waals surface area contributed by atoms with Gasteiger partial charge in [-0.3, -0.25) is 0 Å². The molecule has 3 heteroatoms. The van der Waals surface area contributed by atoms with Gasteiger partial charge in [0.15, 0.2) is 0 Å². The molecule has 0 bridgehead atoms. The summed E-state index contributed by atoms with van der Waals surface area (Å²) in [5.41, 5.74) is 1.97. The molecule has 2 unspecified atom stereocenters. The fourth-order valence-electron chi connectivity index (χ4n) is 4.05. The second-order valence-electron chi connectivity index (χ2n) is 6.87. The minimum atomic E-state index is -0.0687. The number of hydrogen-bond donors (Lipinski definition) is 1. The summed E-state index contributed by atoms with van der Waals surface area (Å²) in [6.07, 6.45) is 6.57. The van der Waals surface area contributed by atoms with Crippen molar-refractivity contribution in [1.82, 2.24) is 5.32 Å². The van der Waals surface area contributed by atoms with E-state index in [1.54, 1.807) is 6.07 Å². The monoisotopic (exact) mass is 290 g/mol. The minimum absolute atomic E-state index is 0.0687. The number of hydrogen-bond acceptors (Lipinski definition) is 2. The summed E-state index contributed by atoms with van der Waals surface area (Å²) < 4.78 is 14.3. The Balaban J connectivity index is 1.88. The summed E-state index contributed by atoms with van der Waals surface area (Å²) in [7, 11) is 0. The van der Waals surface area contributed by atoms with E-state index >= 15 is 0 Å². The maximum Gasteiger partial charge on any atom is 0.129 e. The molecule has 1 N–H and O–H groups in total. The number of nitrogens with one attached hydrogen (secondary N) is 1. The zero-order chi connectivity index (χ0) is 14.8. The number of anilines is 1. The van der Waals surface area contributed by atoms with E-state index in [1.165, 1.54) is 32.1 Å². The third kappa shape index (κ3) is 3.08. The average Bonchev–Trinajstić information content (AvgIpc) is 2.94. The van der Waals surface area contributed by atoms with Crippen molar-refractivity contribution in [2.75, 3.05) is 11.4 Å². The van der Waals surface area contributed by atoms with Crippen molar-refractivity contribution in [2.24, 2.45) is 5.92 Å². The van der Waals surface area contributed by atoms with Gasteiger partial charge < -0.3 is 10.2 Å². The molecule has 0 spiro atoms. The van der Waals surface area contributed by atoms with Gasteiger partial charge in [-0.2, -0.15) is 0 Å². The lowest BCUT2D eigenvalue weighted by molar-refractivity contribution is 0.361. The molecule has 1 saturated heterocycles. The number of halogens is 1. The number of piperidine rings is 1. The van der Waals surface area contributed by atoms with Crippen LogP contribution in [0.15, 0.2) is 18.2 Å². The summed E-state index contributed by atoms with van der Waals surface area (Å²) in [6, 6.07) is 6.58. The van der Waals surface area contributed by atoms with E-state index in [1.807, 2.05) is 6.07 Å². The molecule has 0 amide bonds. The molecule has 2 nitrogen and oxygen atoms in total. The fraction of sp³-hybridized carbons (Fsp3) is 0.667. The van der Waals surface area contributed by atoms with Crippen LogP contribution in [-0.2, 0) is 6.54 Å². The second-order valence-corrected chi connectivity index (χ2v) is 6.87. The zero-order valence-electron chi connectivity index (χ0n) is 13.2. The molecular weight excluding hydrogens is 263 g/mol. The second kappa shape index (κ2) is 6.35. The van der Waals surface area contributed by atoms with Crippen molar-refractivity contribution < 1.29 is 4.39 Å². The normalized spacial score (nSPS) is 25.4. The van der Waals surface area contributed by atoms with Crippen LogP contribution in [0.1, 0.15) is 51.5 Å². The van der Waals surface area contributed by atoms with E-state index in [9.17, 15) is 4.39 Å². The Labute approximate surface area is 127 Å². The number of fused-ring (bicyclic) bond motifs is 1. The highest BCUT2D eigenvalue weighted by atomic mass is 19.1. The summed E-state index contributed by atoms with van der Waals surface area (Å²) in [5, 5.41) is 3.38. The van der Waals surface area contributed by atoms with Crippen LogP contribution >= 0.6 is 0 Å². The van der Waals surface area contributed by atoms with E-state index in [-0.39, 0.29) is 5.82 Å². The van der Waals surface area contributed by atoms with Gasteiger partial charge in [-0.15, -0.1) is 0 Å². The van der Waals surface area contributed by atoms with Gasteiger partial charge in [0, 0.05) is 36.4 Å². The first-order valence-corrected chi connectivity index (χ1v) is 8.44. The van der Waals surface area contributed by atoms with Crippen LogP contribution in [0, 0.1) is 11.7 Å². The van der Waals surface area contributed by atoms with Crippen LogP contribution in [0.5, 0.6) is 0 Å². The van der Waals surface area contributed by atoms with Gasteiger partial charge in [0.1, 0.15) is 5.82 Å². The molecule has 2 aliphatic rings. The van der Waals surface area contributed by atoms with E-state index in [0.29, 0.717) is 18.6 Å². The molecular formula is C18H27FN2. The Morgan fingerprint density at radius 2 is 2.05 bits per heavy atom. The SMILES string of the molecule is CC(C)NCc1c(F)cccc1N1CCCC2CCCC21. The molecule has 0 radical (unpaired) electrons. The van der Waals surface area contributed by atoms with Crippen LogP contribution in [-0.4, -0.2) is 18.6 Å². The average molecular weight is 290 g/mol. The van der Waals surface area contributed by atoms with Gasteiger partial charge in [0.05, 0.1) is 0 Å². The molecule has 116 valence electrons. The zero-order valence-corrected chi connectivity index (χ0v) is 13.2. The standard InChI is InChI=1S/C18H27FN2/c1-13(2)20-12-15-16(19)8-4-10-18(15)21-11-5-7-14-6-3-9-17(14)21/h4,8,10,13-14,17,20H,3,5-7,9,11-12H2,1-2H3. The van der Waals surface area contributed by atoms with Crippen LogP contribution in [0.2, 0.25) is 0 Å². The Kier molecular flexibility index (Phi) is 4.48. The van der Waals surface area contributed by atoms with E-state index < -0.39 is 0 Å². The molecule has 1 heterocycles. The van der Waals surface area contributed by atoms with Crippen LogP contribution in [0.25, 0.3) is 0 Å². The van der Waals surface area contributed by atoms with Crippen molar-refractivity contribution in [3.63, 3.8) is 0 Å². The summed E-state index contributed by atoms with van der Waals surface area (Å²) in [6.45, 7) is 5.91. The van der Waals surface area contributed by atoms with Crippen LogP contribution in [0.3, 0.4) is 0 Å². The quantitative estimate of drug-likeness (QED) is 0.898. The highest BCUT2D eigenvalue weighted by molar-refractivity contribution is 5.55. The summed E-state index contributed by atoms with van der Waals surface area (Å²) in [4.78, 5) is 2.50. The van der Waals surface area contributed by atoms with Gasteiger partial charge in [0.25, 0.3) is 0 Å². The molecule has 1 saturated carbocycles. The van der Waals surface area contributed by atoms with Crippen LogP contribution < -0.4 is 10.2 Å². The van der Waals surface area contributed by atoms with Gasteiger partial charge in [-0.1, -0.05) is 26.3 Å². The number of rotatable bonds is 4. The van der Waals surface area contributed by atoms with Crippen molar-refractivity contribution in [3.05, 3.63) is 29.6 Å². The van der Waals surface area contributed by atoms with Gasteiger partial charge in [-0.05, 0) is 43.7 Å². The molecule has 3 rings (SSSR count). The molecule has 1 aromatic rings. The maximum atomic E-state index is 14.3. The summed E-state index contributed by atoms with van der Waals surface area (Å²) in [5.74, 6) is 0.758. The Morgan fingerprint density at radius 3 is 2.86 bits per heavy atom. The first kappa shape index (κ1) is 14.8. The van der Waals surface area contributed by atoms with Gasteiger partial charge >= 0.3 is 0 Å². The van der Waals surface area contributed by atoms with Gasteiger partial charge in [-0.25, -0.2) is 4.39 Å². The van der Waals surface area contributed by atoms with Crippen molar-refractivity contribution >= 4 is 5.69 Å². The lowest BCUT2D eigenvalue weighted by Gasteiger charge is -2.40. The molecule has 1 aliphatic heterocycles. The third-order valence-corrected chi connectivity index (χ3v) is 5.08. The Hall–Kier alpha value is -1.09. The predicted molar refractivity (Wildman–Crippen MR) is 86.1 cm³/mol. The Morgan fingerprint density at radius 1 is 1.24 bits per heavy atom. The van der Waals surface area contributed by atoms with Crippen molar-refractivity contribution in [2.45, 2.75) is 64.6 Å². The first-order valence-electron chi connectivity index (χ1n) is 8.44. The van der Waals surface area contributed by atoms with Crippen molar-refractivity contribution in [3.8, 4) is 0 Å². The Bertz CT molecular complexity index is 486. The van der Waals surface area contributed by atoms with Gasteiger partial charge in [0.2, 0.25) is 0 Å². The smallest absolute Gasteiger partial charge is 0.129 e. The van der Waals surface area contributed by atoms with E-state index in [0.717, 1.165) is 23.7 Å². The highest BCUT2D eigenvalue weighted by Gasteiger charge is 2.35. The topological polar surface area (TPSA) is 15.3 Å². The number of nitrogens with zero attached hydrogens (tertiary/aromatic N) is 1. The van der Waals surface area contributed by atoms with Crippen LogP contribution in [0.4, 0.5) is 10.1 Å². The number of benzene rings is 1. The van der Waals surface area contributed by atoms with E-state index in [4.69, 9.17) is 0 Å². The molecule has 21 heavy (non-hydrogen) atoms. The molecule has 1 aliphatic carbocycles. The molecule has 2 atom stereocenters. The third-order valence-electron chi connectivity index (χ3n) is 5.08. The predicted octanol–water partition coefficient (Wildman–Crippen LogP) is 4.09. The highest BCUT2D eigenvalue weighted by Crippen LogP contribution is 2.40.